The molecule has 104 valence electrons. The van der Waals surface area contributed by atoms with E-state index in [1.54, 1.807) is 7.11 Å². The van der Waals surface area contributed by atoms with Gasteiger partial charge < -0.3 is 15.0 Å². The third-order valence-corrected chi connectivity index (χ3v) is 4.35. The predicted molar refractivity (Wildman–Crippen MR) is 77.5 cm³/mol. The highest BCUT2D eigenvalue weighted by atomic mass is 16.5. The summed E-state index contributed by atoms with van der Waals surface area (Å²) < 4.78 is 5.18. The fraction of sp³-hybridized carbons (Fsp3) is 0.625. The van der Waals surface area contributed by atoms with Crippen molar-refractivity contribution in [2.24, 2.45) is 0 Å². The Morgan fingerprint density at radius 2 is 1.79 bits per heavy atom. The number of ether oxygens (including phenoxy) is 1. The van der Waals surface area contributed by atoms with E-state index >= 15 is 0 Å². The number of methoxy groups -OCH3 is 1. The first-order valence-corrected chi connectivity index (χ1v) is 7.45. The van der Waals surface area contributed by atoms with Gasteiger partial charge in [0, 0.05) is 18.6 Å². The van der Waals surface area contributed by atoms with Gasteiger partial charge in [0.1, 0.15) is 5.75 Å². The maximum atomic E-state index is 5.18. The van der Waals surface area contributed by atoms with E-state index in [-0.39, 0.29) is 0 Å². The van der Waals surface area contributed by atoms with Crippen LogP contribution in [0.25, 0.3) is 0 Å². The first-order valence-electron chi connectivity index (χ1n) is 7.45. The summed E-state index contributed by atoms with van der Waals surface area (Å²) in [4.78, 5) is 2.67. The summed E-state index contributed by atoms with van der Waals surface area (Å²) in [6.07, 6.45) is 5.47. The smallest absolute Gasteiger partial charge is 0.118 e. The van der Waals surface area contributed by atoms with Crippen LogP contribution in [0.3, 0.4) is 0 Å². The van der Waals surface area contributed by atoms with E-state index in [0.29, 0.717) is 6.04 Å². The van der Waals surface area contributed by atoms with Gasteiger partial charge in [-0.05, 0) is 56.5 Å². The summed E-state index contributed by atoms with van der Waals surface area (Å²) in [6, 6.07) is 9.98. The molecule has 0 radical (unpaired) electrons. The molecule has 0 amide bonds. The summed E-state index contributed by atoms with van der Waals surface area (Å²) in [5.41, 5.74) is 1.34. The van der Waals surface area contributed by atoms with Crippen molar-refractivity contribution in [3.05, 3.63) is 29.8 Å². The monoisotopic (exact) mass is 260 g/mol. The molecule has 2 aliphatic rings. The second-order valence-electron chi connectivity index (χ2n) is 5.77. The number of benzene rings is 1. The van der Waals surface area contributed by atoms with Crippen molar-refractivity contribution in [1.82, 2.24) is 10.2 Å². The Balaban J connectivity index is 1.41. The number of nitrogens with zero attached hydrogens (tertiary/aromatic N) is 1. The van der Waals surface area contributed by atoms with E-state index in [4.69, 9.17) is 4.74 Å². The number of nitrogens with one attached hydrogen (secondary N) is 1. The fourth-order valence-electron chi connectivity index (χ4n) is 2.91. The van der Waals surface area contributed by atoms with E-state index in [1.165, 1.54) is 44.3 Å². The van der Waals surface area contributed by atoms with Gasteiger partial charge >= 0.3 is 0 Å². The van der Waals surface area contributed by atoms with Crippen LogP contribution in [0.1, 0.15) is 31.2 Å². The minimum atomic E-state index is 0.692. The minimum absolute atomic E-state index is 0.692. The molecule has 1 aliphatic carbocycles. The lowest BCUT2D eigenvalue weighted by Crippen LogP contribution is -2.43. The van der Waals surface area contributed by atoms with E-state index in [0.717, 1.165) is 18.3 Å². The quantitative estimate of drug-likeness (QED) is 0.880. The first kappa shape index (κ1) is 12.9. The number of piperidine rings is 1. The molecule has 0 unspecified atom stereocenters. The van der Waals surface area contributed by atoms with Gasteiger partial charge in [0.05, 0.1) is 7.11 Å². The van der Waals surface area contributed by atoms with Crippen LogP contribution in [0.2, 0.25) is 0 Å². The highest BCUT2D eigenvalue weighted by Crippen LogP contribution is 2.29. The molecule has 1 N–H and O–H groups in total. The highest BCUT2D eigenvalue weighted by Gasteiger charge is 2.31. The normalized spacial score (nSPS) is 21.5. The van der Waals surface area contributed by atoms with Gasteiger partial charge in [-0.25, -0.2) is 0 Å². The summed E-state index contributed by atoms with van der Waals surface area (Å²) in [7, 11) is 1.71. The molecule has 0 bridgehead atoms. The van der Waals surface area contributed by atoms with Gasteiger partial charge in [0.25, 0.3) is 0 Å². The third-order valence-electron chi connectivity index (χ3n) is 4.35. The Kier molecular flexibility index (Phi) is 4.04. The Labute approximate surface area is 115 Å². The van der Waals surface area contributed by atoms with Crippen LogP contribution in [-0.2, 0) is 6.54 Å². The maximum Gasteiger partial charge on any atom is 0.118 e. The number of hydrogen-bond acceptors (Lipinski definition) is 3. The van der Waals surface area contributed by atoms with Crippen molar-refractivity contribution >= 4 is 0 Å². The number of likely N-dealkylation sites (tertiary alicyclic amines) is 1. The third kappa shape index (κ3) is 3.48. The summed E-state index contributed by atoms with van der Waals surface area (Å²) >= 11 is 0. The highest BCUT2D eigenvalue weighted by molar-refractivity contribution is 5.27. The van der Waals surface area contributed by atoms with Crippen LogP contribution in [0.4, 0.5) is 0 Å². The summed E-state index contributed by atoms with van der Waals surface area (Å²) in [5.74, 6) is 0.932. The molecule has 0 atom stereocenters. The van der Waals surface area contributed by atoms with Crippen molar-refractivity contribution in [3.8, 4) is 5.75 Å². The van der Waals surface area contributed by atoms with E-state index in [9.17, 15) is 0 Å². The van der Waals surface area contributed by atoms with E-state index < -0.39 is 0 Å². The molecular weight excluding hydrogens is 236 g/mol. The molecule has 1 aromatic rings. The zero-order valence-corrected chi connectivity index (χ0v) is 11.8. The van der Waals surface area contributed by atoms with Crippen molar-refractivity contribution in [2.75, 3.05) is 20.2 Å². The van der Waals surface area contributed by atoms with Crippen LogP contribution in [0.15, 0.2) is 24.3 Å². The minimum Gasteiger partial charge on any atom is -0.497 e. The fourth-order valence-corrected chi connectivity index (χ4v) is 2.91. The summed E-state index contributed by atoms with van der Waals surface area (Å²) in [5, 5.41) is 3.69. The van der Waals surface area contributed by atoms with Gasteiger partial charge in [0.2, 0.25) is 0 Å². The van der Waals surface area contributed by atoms with Gasteiger partial charge in [-0.15, -0.1) is 0 Å². The second kappa shape index (κ2) is 5.93. The topological polar surface area (TPSA) is 24.5 Å². The molecule has 3 heteroatoms. The Bertz CT molecular complexity index is 392. The van der Waals surface area contributed by atoms with Gasteiger partial charge in [-0.3, -0.25) is 0 Å². The average Bonchev–Trinajstić information content (AvgIpc) is 3.31. The second-order valence-corrected chi connectivity index (χ2v) is 5.77. The van der Waals surface area contributed by atoms with Gasteiger partial charge in [-0.2, -0.15) is 0 Å². The zero-order valence-electron chi connectivity index (χ0n) is 11.8. The molecule has 0 aromatic heterocycles. The molecule has 19 heavy (non-hydrogen) atoms. The lowest BCUT2D eigenvalue weighted by Gasteiger charge is -2.32. The Hall–Kier alpha value is -1.06. The summed E-state index contributed by atoms with van der Waals surface area (Å²) in [6.45, 7) is 3.54. The van der Waals surface area contributed by atoms with Crippen LogP contribution in [-0.4, -0.2) is 37.2 Å². The average molecular weight is 260 g/mol. The van der Waals surface area contributed by atoms with Crippen LogP contribution in [0, 0.1) is 0 Å². The molecular formula is C16H24N2O. The first-order chi connectivity index (χ1) is 9.35. The Morgan fingerprint density at radius 3 is 2.37 bits per heavy atom. The lowest BCUT2D eigenvalue weighted by atomic mass is 10.0. The number of rotatable bonds is 5. The largest absolute Gasteiger partial charge is 0.497 e. The van der Waals surface area contributed by atoms with Crippen molar-refractivity contribution < 1.29 is 4.74 Å². The van der Waals surface area contributed by atoms with Gasteiger partial charge in [-0.1, -0.05) is 12.1 Å². The number of hydrogen-bond donors (Lipinski definition) is 1. The van der Waals surface area contributed by atoms with Crippen molar-refractivity contribution in [1.29, 1.82) is 0 Å². The SMILES string of the molecule is COc1ccc(CNC2CCN(C3CC3)CC2)cc1. The molecule has 1 saturated carbocycles. The van der Waals surface area contributed by atoms with Gasteiger partial charge in [0.15, 0.2) is 0 Å². The molecule has 3 rings (SSSR count). The van der Waals surface area contributed by atoms with Crippen molar-refractivity contribution in [2.45, 2.75) is 44.3 Å². The van der Waals surface area contributed by atoms with Crippen LogP contribution < -0.4 is 10.1 Å². The molecule has 1 heterocycles. The molecule has 1 saturated heterocycles. The predicted octanol–water partition coefficient (Wildman–Crippen LogP) is 2.41. The van der Waals surface area contributed by atoms with E-state index in [2.05, 4.69) is 22.3 Å². The Morgan fingerprint density at radius 1 is 1.11 bits per heavy atom. The molecule has 1 aliphatic heterocycles. The van der Waals surface area contributed by atoms with Crippen LogP contribution >= 0.6 is 0 Å². The molecule has 3 nitrogen and oxygen atoms in total. The van der Waals surface area contributed by atoms with Crippen molar-refractivity contribution in [3.63, 3.8) is 0 Å². The standard InChI is InChI=1S/C16H24N2O/c1-19-16-6-2-13(3-7-16)12-17-14-8-10-18(11-9-14)15-4-5-15/h2-3,6-7,14-15,17H,4-5,8-12H2,1H3. The molecule has 0 spiro atoms. The molecule has 2 fully saturated rings. The van der Waals surface area contributed by atoms with E-state index in [1.807, 2.05) is 12.1 Å². The molecule has 1 aromatic carbocycles. The zero-order chi connectivity index (χ0) is 13.1. The van der Waals surface area contributed by atoms with Crippen LogP contribution in [0.5, 0.6) is 5.75 Å². The lowest BCUT2D eigenvalue weighted by molar-refractivity contribution is 0.189. The maximum absolute atomic E-state index is 5.18.